The lowest BCUT2D eigenvalue weighted by Crippen LogP contribution is -2.11. The van der Waals surface area contributed by atoms with Crippen molar-refractivity contribution < 1.29 is 13.6 Å². The van der Waals surface area contributed by atoms with Gasteiger partial charge in [-0.3, -0.25) is 4.79 Å². The third-order valence-electron chi connectivity index (χ3n) is 3.21. The molecule has 0 unspecified atom stereocenters. The van der Waals surface area contributed by atoms with Gasteiger partial charge in [-0.25, -0.2) is 4.39 Å². The van der Waals surface area contributed by atoms with E-state index in [1.165, 1.54) is 12.1 Å². The Hall–Kier alpha value is -2.60. The molecule has 0 saturated carbocycles. The number of halogens is 2. The number of carbonyl (C=O) groups excluding carboxylic acids is 1. The highest BCUT2D eigenvalue weighted by Gasteiger charge is 2.15. The van der Waals surface area contributed by atoms with E-state index >= 15 is 0 Å². The first-order chi connectivity index (χ1) is 11.0. The number of hydrogen-bond acceptors (Lipinski definition) is 3. The van der Waals surface area contributed by atoms with Crippen molar-refractivity contribution in [3.05, 3.63) is 70.6 Å². The molecule has 3 N–H and O–H groups in total. The standard InChI is InChI=1S/C17H12BrFN2O2/c18-12-9-10(20)5-6-14(12)21-17(22)16-8-7-15(23-16)11-3-1-2-4-13(11)19/h1-9H,20H2,(H,21,22). The predicted octanol–water partition coefficient (Wildman–Crippen LogP) is 4.68. The van der Waals surface area contributed by atoms with Crippen molar-refractivity contribution in [3.8, 4) is 11.3 Å². The summed E-state index contributed by atoms with van der Waals surface area (Å²) in [6.07, 6.45) is 0. The minimum atomic E-state index is -0.432. The molecule has 3 aromatic rings. The van der Waals surface area contributed by atoms with Gasteiger partial charge in [0.1, 0.15) is 11.6 Å². The number of rotatable bonds is 3. The van der Waals surface area contributed by atoms with E-state index in [2.05, 4.69) is 21.2 Å². The van der Waals surface area contributed by atoms with Crippen LogP contribution in [0.1, 0.15) is 10.6 Å². The van der Waals surface area contributed by atoms with Crippen molar-refractivity contribution >= 4 is 33.2 Å². The second kappa shape index (κ2) is 6.26. The number of benzene rings is 2. The molecular formula is C17H12BrFN2O2. The summed E-state index contributed by atoms with van der Waals surface area (Å²) in [5.41, 5.74) is 7.10. The van der Waals surface area contributed by atoms with Gasteiger partial charge in [-0.05, 0) is 58.4 Å². The SMILES string of the molecule is Nc1ccc(NC(=O)c2ccc(-c3ccccc3F)o2)c(Br)c1. The minimum Gasteiger partial charge on any atom is -0.451 e. The lowest BCUT2D eigenvalue weighted by Gasteiger charge is -2.06. The summed E-state index contributed by atoms with van der Waals surface area (Å²) in [7, 11) is 0. The maximum Gasteiger partial charge on any atom is 0.291 e. The lowest BCUT2D eigenvalue weighted by molar-refractivity contribution is 0.0997. The van der Waals surface area contributed by atoms with Crippen molar-refractivity contribution in [1.82, 2.24) is 0 Å². The van der Waals surface area contributed by atoms with Gasteiger partial charge in [0.15, 0.2) is 5.76 Å². The Morgan fingerprint density at radius 3 is 2.65 bits per heavy atom. The fourth-order valence-corrected chi connectivity index (χ4v) is 2.58. The average molecular weight is 375 g/mol. The van der Waals surface area contributed by atoms with Gasteiger partial charge in [0.05, 0.1) is 11.3 Å². The van der Waals surface area contributed by atoms with Crippen LogP contribution in [0.4, 0.5) is 15.8 Å². The highest BCUT2D eigenvalue weighted by molar-refractivity contribution is 9.10. The summed E-state index contributed by atoms with van der Waals surface area (Å²) >= 11 is 3.32. The second-order valence-electron chi connectivity index (χ2n) is 4.84. The van der Waals surface area contributed by atoms with Crippen LogP contribution in [-0.4, -0.2) is 5.91 Å². The molecule has 0 spiro atoms. The molecule has 0 aliphatic heterocycles. The normalized spacial score (nSPS) is 10.5. The van der Waals surface area contributed by atoms with E-state index in [0.29, 0.717) is 27.2 Å². The highest BCUT2D eigenvalue weighted by atomic mass is 79.9. The van der Waals surface area contributed by atoms with Crippen molar-refractivity contribution in [2.24, 2.45) is 0 Å². The van der Waals surface area contributed by atoms with Gasteiger partial charge >= 0.3 is 0 Å². The Bertz CT molecular complexity index is 877. The van der Waals surface area contributed by atoms with Crippen LogP contribution in [-0.2, 0) is 0 Å². The number of anilines is 2. The number of nitrogens with one attached hydrogen (secondary N) is 1. The van der Waals surface area contributed by atoms with Crippen molar-refractivity contribution in [1.29, 1.82) is 0 Å². The zero-order chi connectivity index (χ0) is 16.4. The van der Waals surface area contributed by atoms with Gasteiger partial charge in [-0.1, -0.05) is 12.1 Å². The van der Waals surface area contributed by atoms with Crippen molar-refractivity contribution in [2.45, 2.75) is 0 Å². The topological polar surface area (TPSA) is 68.3 Å². The first-order valence-corrected chi connectivity index (χ1v) is 7.55. The minimum absolute atomic E-state index is 0.0898. The fourth-order valence-electron chi connectivity index (χ4n) is 2.08. The van der Waals surface area contributed by atoms with Gasteiger partial charge in [0.25, 0.3) is 5.91 Å². The Kier molecular flexibility index (Phi) is 4.16. The molecular weight excluding hydrogens is 363 g/mol. The van der Waals surface area contributed by atoms with Gasteiger partial charge in [0.2, 0.25) is 0 Å². The number of amides is 1. The summed E-state index contributed by atoms with van der Waals surface area (Å²) in [5.74, 6) is -0.454. The molecule has 0 aliphatic rings. The van der Waals surface area contributed by atoms with Crippen molar-refractivity contribution in [3.63, 3.8) is 0 Å². The highest BCUT2D eigenvalue weighted by Crippen LogP contribution is 2.27. The maximum atomic E-state index is 13.7. The third-order valence-corrected chi connectivity index (χ3v) is 3.87. The number of nitrogens with two attached hydrogens (primary N) is 1. The summed E-state index contributed by atoms with van der Waals surface area (Å²) in [6, 6.07) is 14.3. The van der Waals surface area contributed by atoms with Gasteiger partial charge in [-0.15, -0.1) is 0 Å². The Labute approximate surface area is 140 Å². The van der Waals surface area contributed by atoms with Crippen LogP contribution in [0.2, 0.25) is 0 Å². The smallest absolute Gasteiger partial charge is 0.291 e. The summed E-state index contributed by atoms with van der Waals surface area (Å²) < 4.78 is 19.9. The molecule has 0 aliphatic carbocycles. The monoisotopic (exact) mass is 374 g/mol. The molecule has 1 aromatic heterocycles. The van der Waals surface area contributed by atoms with Crippen LogP contribution in [0.5, 0.6) is 0 Å². The van der Waals surface area contributed by atoms with Gasteiger partial charge in [-0.2, -0.15) is 0 Å². The van der Waals surface area contributed by atoms with E-state index < -0.39 is 11.7 Å². The number of nitrogen functional groups attached to an aromatic ring is 1. The molecule has 0 fully saturated rings. The Morgan fingerprint density at radius 2 is 1.91 bits per heavy atom. The number of furan rings is 1. The largest absolute Gasteiger partial charge is 0.451 e. The van der Waals surface area contributed by atoms with E-state index in [4.69, 9.17) is 10.2 Å². The quantitative estimate of drug-likeness (QED) is 0.653. The van der Waals surface area contributed by atoms with E-state index in [1.807, 2.05) is 0 Å². The first-order valence-electron chi connectivity index (χ1n) is 6.76. The summed E-state index contributed by atoms with van der Waals surface area (Å²) in [6.45, 7) is 0. The molecule has 2 aromatic carbocycles. The van der Waals surface area contributed by atoms with Crippen LogP contribution < -0.4 is 11.1 Å². The summed E-state index contributed by atoms with van der Waals surface area (Å²) in [4.78, 5) is 12.2. The van der Waals surface area contributed by atoms with Crippen LogP contribution in [0.15, 0.2) is 63.5 Å². The average Bonchev–Trinajstić information content (AvgIpc) is 3.00. The zero-order valence-electron chi connectivity index (χ0n) is 11.8. The van der Waals surface area contributed by atoms with Gasteiger partial charge in [0, 0.05) is 10.2 Å². The van der Waals surface area contributed by atoms with Crippen molar-refractivity contribution in [2.75, 3.05) is 11.1 Å². The Morgan fingerprint density at radius 1 is 1.13 bits per heavy atom. The van der Waals surface area contributed by atoms with Crippen LogP contribution in [0.3, 0.4) is 0 Å². The first kappa shape index (κ1) is 15.3. The molecule has 3 rings (SSSR count). The van der Waals surface area contributed by atoms with Crippen LogP contribution in [0.25, 0.3) is 11.3 Å². The third kappa shape index (κ3) is 3.27. The van der Waals surface area contributed by atoms with Crippen LogP contribution >= 0.6 is 15.9 Å². The molecule has 0 bridgehead atoms. The molecule has 116 valence electrons. The molecule has 1 amide bonds. The Balaban J connectivity index is 1.83. The maximum absolute atomic E-state index is 13.7. The van der Waals surface area contributed by atoms with E-state index in [-0.39, 0.29) is 5.76 Å². The number of hydrogen-bond donors (Lipinski definition) is 2. The van der Waals surface area contributed by atoms with E-state index in [1.54, 1.807) is 42.5 Å². The van der Waals surface area contributed by atoms with Crippen LogP contribution in [0, 0.1) is 5.82 Å². The predicted molar refractivity (Wildman–Crippen MR) is 90.6 cm³/mol. The lowest BCUT2D eigenvalue weighted by atomic mass is 10.1. The van der Waals surface area contributed by atoms with Gasteiger partial charge < -0.3 is 15.5 Å². The molecule has 23 heavy (non-hydrogen) atoms. The van der Waals surface area contributed by atoms with E-state index in [0.717, 1.165) is 0 Å². The number of carbonyl (C=O) groups is 1. The molecule has 0 atom stereocenters. The van der Waals surface area contributed by atoms with E-state index in [9.17, 15) is 9.18 Å². The summed E-state index contributed by atoms with van der Waals surface area (Å²) in [5, 5.41) is 2.70. The molecule has 0 radical (unpaired) electrons. The fraction of sp³-hybridized carbons (Fsp3) is 0. The zero-order valence-corrected chi connectivity index (χ0v) is 13.4. The second-order valence-corrected chi connectivity index (χ2v) is 5.69. The molecule has 4 nitrogen and oxygen atoms in total. The molecule has 1 heterocycles. The molecule has 6 heteroatoms. The molecule has 0 saturated heterocycles.